The first-order valence-corrected chi connectivity index (χ1v) is 5.46. The second-order valence-corrected chi connectivity index (χ2v) is 4.93. The fraction of sp³-hybridized carbons (Fsp3) is 0.556. The summed E-state index contributed by atoms with van der Waals surface area (Å²) >= 11 is 7.30. The zero-order valence-electron chi connectivity index (χ0n) is 7.70. The fourth-order valence-electron chi connectivity index (χ4n) is 1.09. The molecule has 0 aliphatic carbocycles. The van der Waals surface area contributed by atoms with Crippen molar-refractivity contribution in [2.75, 3.05) is 0 Å². The normalized spacial score (nSPS) is 16.2. The lowest BCUT2D eigenvalue weighted by molar-refractivity contribution is 0.126. The Balaban J connectivity index is 2.79. The van der Waals surface area contributed by atoms with Gasteiger partial charge in [-0.2, -0.15) is 0 Å². The van der Waals surface area contributed by atoms with Gasteiger partial charge in [0.15, 0.2) is 0 Å². The molecule has 0 amide bonds. The van der Waals surface area contributed by atoms with Crippen LogP contribution in [0.3, 0.4) is 0 Å². The average Bonchev–Trinajstić information content (AvgIpc) is 2.48. The Morgan fingerprint density at radius 3 is 2.54 bits per heavy atom. The van der Waals surface area contributed by atoms with E-state index in [-0.39, 0.29) is 12.0 Å². The lowest BCUT2D eigenvalue weighted by atomic mass is 9.96. The van der Waals surface area contributed by atoms with Gasteiger partial charge in [-0.15, -0.1) is 11.3 Å². The van der Waals surface area contributed by atoms with E-state index in [4.69, 9.17) is 17.3 Å². The van der Waals surface area contributed by atoms with Gasteiger partial charge >= 0.3 is 0 Å². The van der Waals surface area contributed by atoms with Gasteiger partial charge in [0, 0.05) is 11.6 Å². The van der Waals surface area contributed by atoms with Crippen molar-refractivity contribution in [3.8, 4) is 0 Å². The topological polar surface area (TPSA) is 46.2 Å². The predicted molar refractivity (Wildman–Crippen MR) is 57.1 cm³/mol. The summed E-state index contributed by atoms with van der Waals surface area (Å²) in [7, 11) is 0. The number of aliphatic hydroxyl groups is 1. The van der Waals surface area contributed by atoms with Gasteiger partial charge in [0.25, 0.3) is 0 Å². The van der Waals surface area contributed by atoms with Crippen molar-refractivity contribution in [2.24, 2.45) is 11.7 Å². The van der Waals surface area contributed by atoms with E-state index in [0.717, 1.165) is 5.56 Å². The smallest absolute Gasteiger partial charge is 0.0987 e. The van der Waals surface area contributed by atoms with Crippen LogP contribution in [0.5, 0.6) is 0 Å². The second kappa shape index (κ2) is 4.42. The molecule has 0 aliphatic rings. The summed E-state index contributed by atoms with van der Waals surface area (Å²) in [4.78, 5) is 0. The van der Waals surface area contributed by atoms with Gasteiger partial charge in [-0.3, -0.25) is 0 Å². The van der Waals surface area contributed by atoms with Gasteiger partial charge in [-0.05, 0) is 17.4 Å². The minimum atomic E-state index is -0.654. The third-order valence-electron chi connectivity index (χ3n) is 2.10. The Morgan fingerprint density at radius 1 is 1.54 bits per heavy atom. The molecule has 0 aliphatic heterocycles. The molecule has 0 spiro atoms. The minimum absolute atomic E-state index is 0.242. The van der Waals surface area contributed by atoms with Crippen molar-refractivity contribution in [3.63, 3.8) is 0 Å². The molecule has 0 fully saturated rings. The molecule has 74 valence electrons. The zero-order valence-corrected chi connectivity index (χ0v) is 9.27. The lowest BCUT2D eigenvalue weighted by Crippen LogP contribution is -2.33. The highest BCUT2D eigenvalue weighted by atomic mass is 35.5. The highest BCUT2D eigenvalue weighted by molar-refractivity contribution is 7.14. The number of nitrogens with two attached hydrogens (primary N) is 1. The van der Waals surface area contributed by atoms with Gasteiger partial charge in [0.1, 0.15) is 0 Å². The third-order valence-corrected chi connectivity index (χ3v) is 3.30. The van der Waals surface area contributed by atoms with Crippen LogP contribution in [0.4, 0.5) is 0 Å². The summed E-state index contributed by atoms with van der Waals surface area (Å²) < 4.78 is 0.628. The van der Waals surface area contributed by atoms with Crippen LogP contribution in [-0.4, -0.2) is 11.1 Å². The van der Waals surface area contributed by atoms with Crippen LogP contribution in [0, 0.1) is 5.92 Å². The molecule has 3 N–H and O–H groups in total. The summed E-state index contributed by atoms with van der Waals surface area (Å²) in [5.74, 6) is 0.242. The zero-order chi connectivity index (χ0) is 10.0. The minimum Gasteiger partial charge on any atom is -0.387 e. The molecule has 0 radical (unpaired) electrons. The van der Waals surface area contributed by atoms with E-state index in [1.807, 2.05) is 25.3 Å². The van der Waals surface area contributed by atoms with Crippen LogP contribution >= 0.6 is 22.9 Å². The molecule has 1 aromatic rings. The Morgan fingerprint density at radius 2 is 2.15 bits per heavy atom. The molecule has 2 nitrogen and oxygen atoms in total. The number of thiophene rings is 1. The van der Waals surface area contributed by atoms with Crippen molar-refractivity contribution in [1.29, 1.82) is 0 Å². The first-order chi connectivity index (χ1) is 6.04. The Bertz CT molecular complexity index is 274. The number of rotatable bonds is 3. The van der Waals surface area contributed by atoms with Crippen molar-refractivity contribution in [3.05, 3.63) is 21.3 Å². The fourth-order valence-corrected chi connectivity index (χ4v) is 2.08. The molecule has 1 heterocycles. The van der Waals surface area contributed by atoms with Crippen molar-refractivity contribution in [2.45, 2.75) is 26.0 Å². The average molecular weight is 220 g/mol. The van der Waals surface area contributed by atoms with Gasteiger partial charge in [-0.25, -0.2) is 0 Å². The monoisotopic (exact) mass is 219 g/mol. The largest absolute Gasteiger partial charge is 0.387 e. The highest BCUT2D eigenvalue weighted by Gasteiger charge is 2.22. The van der Waals surface area contributed by atoms with Crippen molar-refractivity contribution < 1.29 is 5.11 Å². The number of hydrogen-bond donors (Lipinski definition) is 2. The molecule has 2 atom stereocenters. The maximum atomic E-state index is 9.83. The van der Waals surface area contributed by atoms with E-state index < -0.39 is 6.10 Å². The SMILES string of the molecule is CC(C)[C@@H](N)C(O)c1ccsc1Cl. The lowest BCUT2D eigenvalue weighted by Gasteiger charge is -2.21. The standard InChI is InChI=1S/C9H14ClNOS/c1-5(2)7(11)8(12)6-3-4-13-9(6)10/h3-5,7-8,12H,11H2,1-2H3/t7-,8?/m1/s1. The molecule has 0 bridgehead atoms. The quantitative estimate of drug-likeness (QED) is 0.820. The van der Waals surface area contributed by atoms with Crippen molar-refractivity contribution in [1.82, 2.24) is 0 Å². The van der Waals surface area contributed by atoms with E-state index >= 15 is 0 Å². The van der Waals surface area contributed by atoms with Crippen LogP contribution in [0.25, 0.3) is 0 Å². The molecule has 0 aromatic carbocycles. The molecule has 4 heteroatoms. The second-order valence-electron chi connectivity index (χ2n) is 3.42. The molecular weight excluding hydrogens is 206 g/mol. The third kappa shape index (κ3) is 2.44. The number of aliphatic hydroxyl groups excluding tert-OH is 1. The predicted octanol–water partition coefficient (Wildman–Crippen LogP) is 2.42. The van der Waals surface area contributed by atoms with Gasteiger partial charge < -0.3 is 10.8 Å². The van der Waals surface area contributed by atoms with Crippen LogP contribution in [-0.2, 0) is 0 Å². The first-order valence-electron chi connectivity index (χ1n) is 4.20. The molecular formula is C9H14ClNOS. The molecule has 1 unspecified atom stereocenters. The summed E-state index contributed by atoms with van der Waals surface area (Å²) in [5.41, 5.74) is 6.56. The van der Waals surface area contributed by atoms with E-state index in [2.05, 4.69) is 0 Å². The maximum Gasteiger partial charge on any atom is 0.0987 e. The number of halogens is 1. The van der Waals surface area contributed by atoms with Gasteiger partial charge in [0.2, 0.25) is 0 Å². The van der Waals surface area contributed by atoms with Crippen LogP contribution < -0.4 is 5.73 Å². The van der Waals surface area contributed by atoms with Crippen LogP contribution in [0.15, 0.2) is 11.4 Å². The first kappa shape index (κ1) is 11.0. The van der Waals surface area contributed by atoms with Gasteiger partial charge in [-0.1, -0.05) is 25.4 Å². The van der Waals surface area contributed by atoms with E-state index in [9.17, 15) is 5.11 Å². The summed E-state index contributed by atoms with van der Waals surface area (Å²) in [5, 5.41) is 11.7. The highest BCUT2D eigenvalue weighted by Crippen LogP contribution is 2.31. The maximum absolute atomic E-state index is 9.83. The Kier molecular flexibility index (Phi) is 3.74. The molecule has 1 aromatic heterocycles. The van der Waals surface area contributed by atoms with Crippen LogP contribution in [0.1, 0.15) is 25.5 Å². The van der Waals surface area contributed by atoms with Gasteiger partial charge in [0.05, 0.1) is 10.4 Å². The Labute approximate surface area is 87.3 Å². The summed E-state index contributed by atoms with van der Waals surface area (Å²) in [6.07, 6.45) is -0.654. The van der Waals surface area contributed by atoms with E-state index in [1.54, 1.807) is 0 Å². The molecule has 0 saturated carbocycles. The summed E-state index contributed by atoms with van der Waals surface area (Å²) in [6.45, 7) is 3.96. The molecule has 1 rings (SSSR count). The summed E-state index contributed by atoms with van der Waals surface area (Å²) in [6, 6.07) is 1.56. The number of hydrogen-bond acceptors (Lipinski definition) is 3. The Hall–Kier alpha value is -0.0900. The van der Waals surface area contributed by atoms with E-state index in [0.29, 0.717) is 4.34 Å². The molecule has 0 saturated heterocycles. The van der Waals surface area contributed by atoms with E-state index in [1.165, 1.54) is 11.3 Å². The van der Waals surface area contributed by atoms with Crippen LogP contribution in [0.2, 0.25) is 4.34 Å². The van der Waals surface area contributed by atoms with Crippen molar-refractivity contribution >= 4 is 22.9 Å². The molecule has 13 heavy (non-hydrogen) atoms.